The highest BCUT2D eigenvalue weighted by molar-refractivity contribution is 5.55. The molecule has 124 valence electrons. The number of nitrogens with zero attached hydrogens (tertiary/aromatic N) is 2. The van der Waals surface area contributed by atoms with Crippen LogP contribution in [0.1, 0.15) is 56.7 Å². The van der Waals surface area contributed by atoms with Crippen molar-refractivity contribution in [1.29, 1.82) is 0 Å². The molecule has 1 aliphatic rings. The highest BCUT2D eigenvalue weighted by Crippen LogP contribution is 2.34. The number of benzene rings is 1. The molecule has 1 aromatic heterocycles. The van der Waals surface area contributed by atoms with Gasteiger partial charge in [0.1, 0.15) is 11.6 Å². The molecule has 23 heavy (non-hydrogen) atoms. The van der Waals surface area contributed by atoms with Crippen LogP contribution in [0.4, 0.5) is 5.82 Å². The van der Waals surface area contributed by atoms with Gasteiger partial charge in [0.05, 0.1) is 18.5 Å². The lowest BCUT2D eigenvalue weighted by Crippen LogP contribution is -2.07. The van der Waals surface area contributed by atoms with Crippen LogP contribution in [-0.2, 0) is 6.42 Å². The largest absolute Gasteiger partial charge is 0.497 e. The third-order valence-corrected chi connectivity index (χ3v) is 4.85. The lowest BCUT2D eigenvalue weighted by Gasteiger charge is -2.11. The standard InChI is InChI=1S/C19H27N3O/c1-4-14(5-2)18-17-8-6-7-13-20-19(17)22(21-18)15-9-11-16(23-3)12-10-15/h9-12,14,20H,4-8,13H2,1-3H3. The van der Waals surface area contributed by atoms with Gasteiger partial charge in [0.15, 0.2) is 0 Å². The number of aromatic nitrogens is 2. The van der Waals surface area contributed by atoms with Gasteiger partial charge < -0.3 is 10.1 Å². The molecule has 1 aromatic carbocycles. The Morgan fingerprint density at radius 3 is 2.57 bits per heavy atom. The van der Waals surface area contributed by atoms with Crippen molar-refractivity contribution >= 4 is 5.82 Å². The smallest absolute Gasteiger partial charge is 0.133 e. The van der Waals surface area contributed by atoms with Crippen molar-refractivity contribution in [3.8, 4) is 11.4 Å². The zero-order valence-electron chi connectivity index (χ0n) is 14.4. The van der Waals surface area contributed by atoms with Gasteiger partial charge in [-0.3, -0.25) is 0 Å². The fraction of sp³-hybridized carbons (Fsp3) is 0.526. The maximum absolute atomic E-state index is 5.27. The number of hydrogen-bond acceptors (Lipinski definition) is 3. The molecule has 0 radical (unpaired) electrons. The maximum atomic E-state index is 5.27. The van der Waals surface area contributed by atoms with Crippen molar-refractivity contribution in [3.63, 3.8) is 0 Å². The average molecular weight is 313 g/mol. The van der Waals surface area contributed by atoms with E-state index in [9.17, 15) is 0 Å². The molecule has 0 spiro atoms. The predicted molar refractivity (Wildman–Crippen MR) is 94.9 cm³/mol. The third kappa shape index (κ3) is 3.07. The third-order valence-electron chi connectivity index (χ3n) is 4.85. The van der Waals surface area contributed by atoms with Gasteiger partial charge in [-0.05, 0) is 56.4 Å². The summed E-state index contributed by atoms with van der Waals surface area (Å²) in [5.74, 6) is 2.61. The van der Waals surface area contributed by atoms with E-state index in [1.165, 1.54) is 29.9 Å². The Labute approximate surface area is 138 Å². The summed E-state index contributed by atoms with van der Waals surface area (Å²) < 4.78 is 7.36. The van der Waals surface area contributed by atoms with E-state index in [-0.39, 0.29) is 0 Å². The number of methoxy groups -OCH3 is 1. The second-order valence-electron chi connectivity index (χ2n) is 6.22. The second kappa shape index (κ2) is 7.07. The van der Waals surface area contributed by atoms with Gasteiger partial charge in [0.25, 0.3) is 0 Å². The highest BCUT2D eigenvalue weighted by Gasteiger charge is 2.24. The zero-order valence-corrected chi connectivity index (χ0v) is 14.4. The molecular formula is C19H27N3O. The van der Waals surface area contributed by atoms with Gasteiger partial charge in [0.2, 0.25) is 0 Å². The molecule has 0 fully saturated rings. The van der Waals surface area contributed by atoms with Gasteiger partial charge in [-0.1, -0.05) is 13.8 Å². The summed E-state index contributed by atoms with van der Waals surface area (Å²) in [6.45, 7) is 5.55. The number of rotatable bonds is 5. The second-order valence-corrected chi connectivity index (χ2v) is 6.22. The monoisotopic (exact) mass is 313 g/mol. The first-order valence-electron chi connectivity index (χ1n) is 8.78. The van der Waals surface area contributed by atoms with Gasteiger partial charge in [-0.2, -0.15) is 5.10 Å². The van der Waals surface area contributed by atoms with E-state index in [4.69, 9.17) is 9.84 Å². The van der Waals surface area contributed by atoms with Crippen molar-refractivity contribution in [3.05, 3.63) is 35.5 Å². The number of fused-ring (bicyclic) bond motifs is 1. The number of ether oxygens (including phenoxy) is 1. The topological polar surface area (TPSA) is 39.1 Å². The summed E-state index contributed by atoms with van der Waals surface area (Å²) in [4.78, 5) is 0. The number of anilines is 1. The molecule has 1 N–H and O–H groups in total. The average Bonchev–Trinajstić information content (AvgIpc) is 2.79. The van der Waals surface area contributed by atoms with E-state index in [0.29, 0.717) is 5.92 Å². The first kappa shape index (κ1) is 15.9. The summed E-state index contributed by atoms with van der Waals surface area (Å²) in [6, 6.07) is 8.15. The van der Waals surface area contributed by atoms with E-state index in [1.54, 1.807) is 7.11 Å². The van der Waals surface area contributed by atoms with E-state index < -0.39 is 0 Å². The Kier molecular flexibility index (Phi) is 4.89. The van der Waals surface area contributed by atoms with Gasteiger partial charge in [0, 0.05) is 18.0 Å². The van der Waals surface area contributed by atoms with E-state index >= 15 is 0 Å². The summed E-state index contributed by atoms with van der Waals surface area (Å²) in [5, 5.41) is 8.63. The fourth-order valence-electron chi connectivity index (χ4n) is 3.44. The van der Waals surface area contributed by atoms with Crippen LogP contribution in [-0.4, -0.2) is 23.4 Å². The molecule has 0 saturated heterocycles. The summed E-state index contributed by atoms with van der Waals surface area (Å²) in [5.41, 5.74) is 3.80. The SMILES string of the molecule is CCC(CC)c1nn(-c2ccc(OC)cc2)c2c1CCCCN2. The Balaban J connectivity index is 2.08. The molecule has 2 heterocycles. The van der Waals surface area contributed by atoms with Gasteiger partial charge in [-0.25, -0.2) is 4.68 Å². The predicted octanol–water partition coefficient (Wildman–Crippen LogP) is 4.53. The molecule has 0 atom stereocenters. The van der Waals surface area contributed by atoms with E-state index in [2.05, 4.69) is 36.0 Å². The summed E-state index contributed by atoms with van der Waals surface area (Å²) in [6.07, 6.45) is 5.87. The molecule has 0 aliphatic carbocycles. The lowest BCUT2D eigenvalue weighted by molar-refractivity contribution is 0.414. The first-order chi connectivity index (χ1) is 11.3. The van der Waals surface area contributed by atoms with Crippen molar-refractivity contribution in [2.75, 3.05) is 19.0 Å². The number of hydrogen-bond donors (Lipinski definition) is 1. The number of nitrogens with one attached hydrogen (secondary N) is 1. The van der Waals surface area contributed by atoms with Crippen LogP contribution in [0, 0.1) is 0 Å². The van der Waals surface area contributed by atoms with Crippen LogP contribution in [0.15, 0.2) is 24.3 Å². The summed E-state index contributed by atoms with van der Waals surface area (Å²) >= 11 is 0. The van der Waals surface area contributed by atoms with Crippen molar-refractivity contribution in [2.24, 2.45) is 0 Å². The van der Waals surface area contributed by atoms with Crippen molar-refractivity contribution in [1.82, 2.24) is 9.78 Å². The molecule has 4 nitrogen and oxygen atoms in total. The Bertz CT molecular complexity index is 641. The van der Waals surface area contributed by atoms with Crippen molar-refractivity contribution in [2.45, 2.75) is 51.9 Å². The van der Waals surface area contributed by atoms with E-state index in [0.717, 1.165) is 37.2 Å². The molecule has 4 heteroatoms. The molecule has 0 bridgehead atoms. The lowest BCUT2D eigenvalue weighted by atomic mass is 9.94. The quantitative estimate of drug-likeness (QED) is 0.881. The minimum Gasteiger partial charge on any atom is -0.497 e. The molecule has 1 aliphatic heterocycles. The van der Waals surface area contributed by atoms with Crippen LogP contribution in [0.2, 0.25) is 0 Å². The molecule has 0 saturated carbocycles. The molecule has 0 amide bonds. The van der Waals surface area contributed by atoms with Crippen molar-refractivity contribution < 1.29 is 4.74 Å². The van der Waals surface area contributed by atoms with Crippen LogP contribution in [0.3, 0.4) is 0 Å². The Morgan fingerprint density at radius 2 is 1.91 bits per heavy atom. The highest BCUT2D eigenvalue weighted by atomic mass is 16.5. The Hall–Kier alpha value is -1.97. The van der Waals surface area contributed by atoms with Crippen LogP contribution in [0.5, 0.6) is 5.75 Å². The van der Waals surface area contributed by atoms with Crippen LogP contribution in [0.25, 0.3) is 5.69 Å². The maximum Gasteiger partial charge on any atom is 0.133 e. The zero-order chi connectivity index (χ0) is 16.2. The van der Waals surface area contributed by atoms with Gasteiger partial charge >= 0.3 is 0 Å². The normalized spacial score (nSPS) is 14.3. The minimum atomic E-state index is 0.545. The summed E-state index contributed by atoms with van der Waals surface area (Å²) in [7, 11) is 1.70. The van der Waals surface area contributed by atoms with Crippen LogP contribution < -0.4 is 10.1 Å². The first-order valence-corrected chi connectivity index (χ1v) is 8.78. The minimum absolute atomic E-state index is 0.545. The molecular weight excluding hydrogens is 286 g/mol. The van der Waals surface area contributed by atoms with E-state index in [1.807, 2.05) is 12.1 Å². The van der Waals surface area contributed by atoms with Gasteiger partial charge in [-0.15, -0.1) is 0 Å². The molecule has 0 unspecified atom stereocenters. The fourth-order valence-corrected chi connectivity index (χ4v) is 3.44. The Morgan fingerprint density at radius 1 is 1.17 bits per heavy atom. The van der Waals surface area contributed by atoms with Crippen LogP contribution >= 0.6 is 0 Å². The molecule has 3 rings (SSSR count). The molecule has 2 aromatic rings.